The Hall–Kier alpha value is -2.34. The van der Waals surface area contributed by atoms with E-state index >= 15 is 0 Å². The highest BCUT2D eigenvalue weighted by atomic mass is 32.2. The first-order valence-corrected chi connectivity index (χ1v) is 8.27. The van der Waals surface area contributed by atoms with Crippen LogP contribution < -0.4 is 10.6 Å². The molecule has 0 amide bonds. The lowest BCUT2D eigenvalue weighted by Crippen LogP contribution is -2.21. The van der Waals surface area contributed by atoms with E-state index in [-0.39, 0.29) is 4.90 Å². The molecule has 5 nitrogen and oxygen atoms in total. The molecule has 0 aliphatic rings. The van der Waals surface area contributed by atoms with E-state index in [9.17, 15) is 8.42 Å². The molecule has 0 heterocycles. The highest BCUT2D eigenvalue weighted by Crippen LogP contribution is 2.16. The van der Waals surface area contributed by atoms with E-state index in [1.54, 1.807) is 50.2 Å². The monoisotopic (exact) mass is 317 g/mol. The Kier molecular flexibility index (Phi) is 4.51. The number of aryl methyl sites for hydroxylation is 2. The first-order valence-electron chi connectivity index (χ1n) is 6.79. The molecule has 2 rings (SSSR count). The summed E-state index contributed by atoms with van der Waals surface area (Å²) in [4.78, 5) is 2.52. The Labute approximate surface area is 130 Å². The minimum Gasteiger partial charge on any atom is -0.399 e. The van der Waals surface area contributed by atoms with Crippen LogP contribution in [0, 0.1) is 13.8 Å². The van der Waals surface area contributed by atoms with Gasteiger partial charge in [0.2, 0.25) is 0 Å². The van der Waals surface area contributed by atoms with Crippen LogP contribution in [0.15, 0.2) is 52.5 Å². The van der Waals surface area contributed by atoms with Crippen molar-refractivity contribution in [2.75, 3.05) is 5.73 Å². The van der Waals surface area contributed by atoms with Crippen molar-refractivity contribution in [1.82, 2.24) is 4.83 Å². The summed E-state index contributed by atoms with van der Waals surface area (Å²) in [6, 6.07) is 12.4. The molecule has 116 valence electrons. The highest BCUT2D eigenvalue weighted by molar-refractivity contribution is 7.89. The number of hydrazone groups is 1. The molecule has 0 aromatic heterocycles. The van der Waals surface area contributed by atoms with Gasteiger partial charge in [-0.05, 0) is 55.7 Å². The number of anilines is 1. The molecule has 0 bridgehead atoms. The topological polar surface area (TPSA) is 84.5 Å². The van der Waals surface area contributed by atoms with E-state index in [0.717, 1.165) is 11.1 Å². The van der Waals surface area contributed by atoms with E-state index < -0.39 is 10.0 Å². The number of nitrogens with two attached hydrogens (primary N) is 1. The zero-order valence-electron chi connectivity index (χ0n) is 12.8. The third-order valence-corrected chi connectivity index (χ3v) is 4.65. The lowest BCUT2D eigenvalue weighted by molar-refractivity contribution is 0.583. The molecule has 0 unspecified atom stereocenters. The SMILES string of the molecule is C/C(=N/NS(=O)(=O)c1cc(C)ccc1C)c1ccc(N)cc1. The van der Waals surface area contributed by atoms with Gasteiger partial charge in [0.1, 0.15) is 0 Å². The van der Waals surface area contributed by atoms with Gasteiger partial charge in [-0.15, -0.1) is 0 Å². The van der Waals surface area contributed by atoms with Crippen molar-refractivity contribution in [3.05, 3.63) is 59.2 Å². The number of rotatable bonds is 4. The van der Waals surface area contributed by atoms with Crippen molar-refractivity contribution in [2.24, 2.45) is 5.10 Å². The molecular formula is C16H19N3O2S. The molecule has 0 radical (unpaired) electrons. The number of nitrogens with one attached hydrogen (secondary N) is 1. The van der Waals surface area contributed by atoms with Crippen molar-refractivity contribution >= 4 is 21.4 Å². The minimum atomic E-state index is -3.69. The summed E-state index contributed by atoms with van der Waals surface area (Å²) in [6.45, 7) is 5.34. The summed E-state index contributed by atoms with van der Waals surface area (Å²) in [7, 11) is -3.69. The van der Waals surface area contributed by atoms with E-state index in [1.165, 1.54) is 0 Å². The zero-order chi connectivity index (χ0) is 16.3. The molecule has 22 heavy (non-hydrogen) atoms. The number of nitrogen functional groups attached to an aromatic ring is 1. The van der Waals surface area contributed by atoms with Crippen LogP contribution in [0.25, 0.3) is 0 Å². The second-order valence-corrected chi connectivity index (χ2v) is 6.81. The van der Waals surface area contributed by atoms with E-state index in [4.69, 9.17) is 5.73 Å². The Balaban J connectivity index is 2.27. The molecule has 0 atom stereocenters. The Morgan fingerprint density at radius 2 is 1.73 bits per heavy atom. The van der Waals surface area contributed by atoms with Crippen LogP contribution in [-0.2, 0) is 10.0 Å². The van der Waals surface area contributed by atoms with Gasteiger partial charge in [0, 0.05) is 5.69 Å². The number of nitrogens with zero attached hydrogens (tertiary/aromatic N) is 1. The molecule has 0 saturated carbocycles. The average molecular weight is 317 g/mol. The van der Waals surface area contributed by atoms with Crippen molar-refractivity contribution in [2.45, 2.75) is 25.7 Å². The van der Waals surface area contributed by atoms with E-state index in [0.29, 0.717) is 17.0 Å². The summed E-state index contributed by atoms with van der Waals surface area (Å²) < 4.78 is 24.7. The Bertz CT molecular complexity index is 810. The first kappa shape index (κ1) is 16.0. The quantitative estimate of drug-likeness (QED) is 0.516. The smallest absolute Gasteiger partial charge is 0.276 e. The fourth-order valence-corrected chi connectivity index (χ4v) is 3.15. The van der Waals surface area contributed by atoms with Gasteiger partial charge < -0.3 is 5.73 Å². The lowest BCUT2D eigenvalue weighted by Gasteiger charge is -2.09. The predicted octanol–water partition coefficient (Wildman–Crippen LogP) is 2.59. The van der Waals surface area contributed by atoms with Gasteiger partial charge in [0.15, 0.2) is 0 Å². The maximum atomic E-state index is 12.4. The molecule has 2 aromatic carbocycles. The Morgan fingerprint density at radius 3 is 2.36 bits per heavy atom. The maximum absolute atomic E-state index is 12.4. The van der Waals surface area contributed by atoms with Crippen LogP contribution >= 0.6 is 0 Å². The number of sulfonamides is 1. The average Bonchev–Trinajstić information content (AvgIpc) is 2.48. The summed E-state index contributed by atoms with van der Waals surface area (Å²) in [5.74, 6) is 0. The number of hydrogen-bond acceptors (Lipinski definition) is 4. The molecule has 0 fully saturated rings. The molecular weight excluding hydrogens is 298 g/mol. The van der Waals surface area contributed by atoms with Gasteiger partial charge in [0.05, 0.1) is 10.6 Å². The van der Waals surface area contributed by atoms with Crippen molar-refractivity contribution < 1.29 is 8.42 Å². The Morgan fingerprint density at radius 1 is 1.09 bits per heavy atom. The molecule has 3 N–H and O–H groups in total. The summed E-state index contributed by atoms with van der Waals surface area (Å²) in [5.41, 5.74) is 9.20. The van der Waals surface area contributed by atoms with Crippen LogP contribution in [0.2, 0.25) is 0 Å². The number of benzene rings is 2. The van der Waals surface area contributed by atoms with Gasteiger partial charge in [0.25, 0.3) is 10.0 Å². The standard InChI is InChI=1S/C16H19N3O2S/c1-11-4-5-12(2)16(10-11)22(20,21)19-18-13(3)14-6-8-15(17)9-7-14/h4-10,19H,17H2,1-3H3/b18-13-. The molecule has 0 spiro atoms. The van der Waals surface area contributed by atoms with E-state index in [2.05, 4.69) is 9.93 Å². The molecule has 0 aliphatic carbocycles. The largest absolute Gasteiger partial charge is 0.399 e. The fourth-order valence-electron chi connectivity index (χ4n) is 1.96. The van der Waals surface area contributed by atoms with Crippen LogP contribution in [0.5, 0.6) is 0 Å². The highest BCUT2D eigenvalue weighted by Gasteiger charge is 2.16. The summed E-state index contributed by atoms with van der Waals surface area (Å²) in [5, 5.41) is 3.98. The van der Waals surface area contributed by atoms with Gasteiger partial charge in [-0.1, -0.05) is 24.3 Å². The van der Waals surface area contributed by atoms with Gasteiger partial charge in [-0.25, -0.2) is 0 Å². The van der Waals surface area contributed by atoms with Crippen molar-refractivity contribution in [1.29, 1.82) is 0 Å². The van der Waals surface area contributed by atoms with Gasteiger partial charge in [-0.3, -0.25) is 0 Å². The van der Waals surface area contributed by atoms with Crippen LogP contribution in [0.4, 0.5) is 5.69 Å². The van der Waals surface area contributed by atoms with Crippen LogP contribution in [0.1, 0.15) is 23.6 Å². The van der Waals surface area contributed by atoms with E-state index in [1.807, 2.05) is 13.0 Å². The zero-order valence-corrected chi connectivity index (χ0v) is 13.6. The second-order valence-electron chi connectivity index (χ2n) is 5.18. The third kappa shape index (κ3) is 3.65. The van der Waals surface area contributed by atoms with Crippen molar-refractivity contribution in [3.8, 4) is 0 Å². The van der Waals surface area contributed by atoms with Crippen LogP contribution in [-0.4, -0.2) is 14.1 Å². The molecule has 0 saturated heterocycles. The van der Waals surface area contributed by atoms with Gasteiger partial charge >= 0.3 is 0 Å². The van der Waals surface area contributed by atoms with Crippen LogP contribution in [0.3, 0.4) is 0 Å². The molecule has 2 aromatic rings. The summed E-state index contributed by atoms with van der Waals surface area (Å²) in [6.07, 6.45) is 0. The lowest BCUT2D eigenvalue weighted by atomic mass is 10.1. The fraction of sp³-hybridized carbons (Fsp3) is 0.188. The second kappa shape index (κ2) is 6.19. The maximum Gasteiger partial charge on any atom is 0.276 e. The molecule has 6 heteroatoms. The number of hydrogen-bond donors (Lipinski definition) is 2. The van der Waals surface area contributed by atoms with Gasteiger partial charge in [-0.2, -0.15) is 18.4 Å². The summed E-state index contributed by atoms with van der Waals surface area (Å²) >= 11 is 0. The molecule has 0 aliphatic heterocycles. The first-order chi connectivity index (χ1) is 10.3. The minimum absolute atomic E-state index is 0.237. The predicted molar refractivity (Wildman–Crippen MR) is 89.3 cm³/mol. The third-order valence-electron chi connectivity index (χ3n) is 3.30. The van der Waals surface area contributed by atoms with Crippen molar-refractivity contribution in [3.63, 3.8) is 0 Å². The normalized spacial score (nSPS) is 12.2.